The van der Waals surface area contributed by atoms with Crippen LogP contribution in [0.4, 0.5) is 0 Å². The number of para-hydroxylation sites is 1. The monoisotopic (exact) mass is 166 g/mol. The SMILES string of the molecule is CCc1cccc(CC)c1OO. The van der Waals surface area contributed by atoms with Gasteiger partial charge in [0.25, 0.3) is 0 Å². The Balaban J connectivity index is 3.13. The molecule has 0 amide bonds. The standard InChI is InChI=1S/C10H14O2/c1-3-8-6-5-7-9(4-2)10(8)12-11/h5-7,11H,3-4H2,1-2H3. The molecule has 0 aliphatic heterocycles. The Morgan fingerprint density at radius 3 is 2.00 bits per heavy atom. The van der Waals surface area contributed by atoms with Crippen LogP contribution in [0.25, 0.3) is 0 Å². The van der Waals surface area contributed by atoms with Gasteiger partial charge < -0.3 is 4.89 Å². The fourth-order valence-corrected chi connectivity index (χ4v) is 1.31. The zero-order valence-electron chi connectivity index (χ0n) is 7.50. The maximum absolute atomic E-state index is 8.66. The van der Waals surface area contributed by atoms with Gasteiger partial charge in [-0.1, -0.05) is 32.0 Å². The molecular weight excluding hydrogens is 152 g/mol. The summed E-state index contributed by atoms with van der Waals surface area (Å²) in [7, 11) is 0. The maximum atomic E-state index is 8.66. The molecule has 1 aromatic rings. The first-order chi connectivity index (χ1) is 5.83. The molecule has 0 atom stereocenters. The van der Waals surface area contributed by atoms with Crippen LogP contribution in [0, 0.1) is 0 Å². The molecule has 2 nitrogen and oxygen atoms in total. The number of hydrogen-bond donors (Lipinski definition) is 1. The predicted molar refractivity (Wildman–Crippen MR) is 48.5 cm³/mol. The van der Waals surface area contributed by atoms with Crippen LogP contribution in [0.3, 0.4) is 0 Å². The van der Waals surface area contributed by atoms with Gasteiger partial charge in [0.2, 0.25) is 0 Å². The Kier molecular flexibility index (Phi) is 3.11. The highest BCUT2D eigenvalue weighted by Gasteiger charge is 2.06. The first-order valence-corrected chi connectivity index (χ1v) is 4.25. The Morgan fingerprint density at radius 1 is 1.17 bits per heavy atom. The summed E-state index contributed by atoms with van der Waals surface area (Å²) in [4.78, 5) is 4.36. The van der Waals surface area contributed by atoms with Gasteiger partial charge in [0.15, 0.2) is 5.75 Å². The second-order valence-electron chi connectivity index (χ2n) is 2.70. The normalized spacial score (nSPS) is 9.92. The van der Waals surface area contributed by atoms with Gasteiger partial charge >= 0.3 is 0 Å². The van der Waals surface area contributed by atoms with Crippen molar-refractivity contribution in [2.75, 3.05) is 0 Å². The molecule has 12 heavy (non-hydrogen) atoms. The van der Waals surface area contributed by atoms with E-state index in [9.17, 15) is 0 Å². The molecule has 0 aliphatic rings. The van der Waals surface area contributed by atoms with E-state index in [2.05, 4.69) is 4.89 Å². The van der Waals surface area contributed by atoms with E-state index in [4.69, 9.17) is 5.26 Å². The van der Waals surface area contributed by atoms with Gasteiger partial charge in [-0.2, -0.15) is 0 Å². The average molecular weight is 166 g/mol. The Bertz CT molecular complexity index is 234. The largest absolute Gasteiger partial charge is 0.340 e. The van der Waals surface area contributed by atoms with E-state index in [1.165, 1.54) is 0 Å². The third kappa shape index (κ3) is 1.59. The van der Waals surface area contributed by atoms with Crippen LogP contribution in [0.5, 0.6) is 5.75 Å². The van der Waals surface area contributed by atoms with Crippen LogP contribution in [0.1, 0.15) is 25.0 Å². The fraction of sp³-hybridized carbons (Fsp3) is 0.400. The number of hydrogen-bond acceptors (Lipinski definition) is 2. The van der Waals surface area contributed by atoms with Gasteiger partial charge in [0.1, 0.15) is 0 Å². The third-order valence-corrected chi connectivity index (χ3v) is 2.03. The summed E-state index contributed by atoms with van der Waals surface area (Å²) >= 11 is 0. The van der Waals surface area contributed by atoms with Gasteiger partial charge in [-0.3, -0.25) is 0 Å². The van der Waals surface area contributed by atoms with Crippen LogP contribution in [-0.4, -0.2) is 5.26 Å². The molecule has 0 spiro atoms. The molecule has 0 radical (unpaired) electrons. The van der Waals surface area contributed by atoms with Crippen molar-refractivity contribution in [3.63, 3.8) is 0 Å². The molecule has 1 rings (SSSR count). The van der Waals surface area contributed by atoms with E-state index >= 15 is 0 Å². The predicted octanol–water partition coefficient (Wildman–Crippen LogP) is 2.66. The highest BCUT2D eigenvalue weighted by Crippen LogP contribution is 2.24. The van der Waals surface area contributed by atoms with Crippen LogP contribution in [0.2, 0.25) is 0 Å². The van der Waals surface area contributed by atoms with Gasteiger partial charge in [0.05, 0.1) is 0 Å². The minimum absolute atomic E-state index is 0.627. The Morgan fingerprint density at radius 2 is 1.67 bits per heavy atom. The molecule has 1 aromatic carbocycles. The molecule has 0 bridgehead atoms. The van der Waals surface area contributed by atoms with Gasteiger partial charge in [0, 0.05) is 0 Å². The van der Waals surface area contributed by atoms with Crippen molar-refractivity contribution in [1.82, 2.24) is 0 Å². The van der Waals surface area contributed by atoms with Crippen molar-refractivity contribution in [3.8, 4) is 5.75 Å². The molecule has 0 saturated heterocycles. The highest BCUT2D eigenvalue weighted by atomic mass is 17.1. The van der Waals surface area contributed by atoms with Crippen molar-refractivity contribution in [1.29, 1.82) is 0 Å². The maximum Gasteiger partial charge on any atom is 0.171 e. The topological polar surface area (TPSA) is 29.5 Å². The molecule has 0 fully saturated rings. The van der Waals surface area contributed by atoms with Crippen LogP contribution >= 0.6 is 0 Å². The van der Waals surface area contributed by atoms with E-state index in [1.807, 2.05) is 32.0 Å². The molecule has 0 heterocycles. The second-order valence-corrected chi connectivity index (χ2v) is 2.70. The quantitative estimate of drug-likeness (QED) is 0.552. The molecule has 66 valence electrons. The first kappa shape index (κ1) is 9.07. The molecule has 1 N–H and O–H groups in total. The molecule has 0 unspecified atom stereocenters. The summed E-state index contributed by atoms with van der Waals surface area (Å²) in [6, 6.07) is 5.91. The lowest BCUT2D eigenvalue weighted by molar-refractivity contribution is -0.139. The Hall–Kier alpha value is -1.02. The van der Waals surface area contributed by atoms with Crippen molar-refractivity contribution < 1.29 is 10.1 Å². The first-order valence-electron chi connectivity index (χ1n) is 4.25. The molecule has 0 aromatic heterocycles. The zero-order valence-corrected chi connectivity index (χ0v) is 7.50. The van der Waals surface area contributed by atoms with Crippen molar-refractivity contribution >= 4 is 0 Å². The van der Waals surface area contributed by atoms with Crippen molar-refractivity contribution in [3.05, 3.63) is 29.3 Å². The van der Waals surface area contributed by atoms with E-state index in [-0.39, 0.29) is 0 Å². The lowest BCUT2D eigenvalue weighted by atomic mass is 10.1. The van der Waals surface area contributed by atoms with E-state index < -0.39 is 0 Å². The molecule has 2 heteroatoms. The summed E-state index contributed by atoms with van der Waals surface area (Å²) in [5.41, 5.74) is 2.11. The van der Waals surface area contributed by atoms with Crippen LogP contribution < -0.4 is 4.89 Å². The fourth-order valence-electron chi connectivity index (χ4n) is 1.31. The summed E-state index contributed by atoms with van der Waals surface area (Å²) in [6.45, 7) is 4.08. The van der Waals surface area contributed by atoms with Gasteiger partial charge in [-0.25, -0.2) is 5.26 Å². The number of rotatable bonds is 3. The van der Waals surface area contributed by atoms with E-state index in [0.717, 1.165) is 24.0 Å². The van der Waals surface area contributed by atoms with Crippen LogP contribution in [0.15, 0.2) is 18.2 Å². The summed E-state index contributed by atoms with van der Waals surface area (Å²) < 4.78 is 0. The molecule has 0 saturated carbocycles. The average Bonchev–Trinajstić information content (AvgIpc) is 2.16. The summed E-state index contributed by atoms with van der Waals surface area (Å²) in [5, 5.41) is 8.66. The lowest BCUT2D eigenvalue weighted by Gasteiger charge is -2.08. The van der Waals surface area contributed by atoms with Gasteiger partial charge in [-0.05, 0) is 24.0 Å². The number of aryl methyl sites for hydroxylation is 2. The summed E-state index contributed by atoms with van der Waals surface area (Å²) in [6.07, 6.45) is 1.76. The highest BCUT2D eigenvalue weighted by molar-refractivity contribution is 5.41. The third-order valence-electron chi connectivity index (χ3n) is 2.03. The minimum atomic E-state index is 0.627. The van der Waals surface area contributed by atoms with E-state index in [0.29, 0.717) is 5.75 Å². The van der Waals surface area contributed by atoms with E-state index in [1.54, 1.807) is 0 Å². The molecular formula is C10H14O2. The molecule has 0 aliphatic carbocycles. The van der Waals surface area contributed by atoms with Crippen molar-refractivity contribution in [2.45, 2.75) is 26.7 Å². The smallest absolute Gasteiger partial charge is 0.171 e. The summed E-state index contributed by atoms with van der Waals surface area (Å²) in [5.74, 6) is 0.627. The van der Waals surface area contributed by atoms with Gasteiger partial charge in [-0.15, -0.1) is 0 Å². The second kappa shape index (κ2) is 4.12. The zero-order chi connectivity index (χ0) is 8.97. The Labute approximate surface area is 72.7 Å². The number of benzene rings is 1. The lowest BCUT2D eigenvalue weighted by Crippen LogP contribution is -1.95. The van der Waals surface area contributed by atoms with Crippen molar-refractivity contribution in [2.24, 2.45) is 0 Å². The minimum Gasteiger partial charge on any atom is -0.340 e. The van der Waals surface area contributed by atoms with Crippen LogP contribution in [-0.2, 0) is 12.8 Å².